The topological polar surface area (TPSA) is 97.2 Å². The molecule has 132 valence electrons. The molecule has 0 atom stereocenters. The van der Waals surface area contributed by atoms with Gasteiger partial charge >= 0.3 is 0 Å². The maximum Gasteiger partial charge on any atom is 0.182 e. The molecule has 4 aromatic rings. The number of imidazole rings is 1. The predicted molar refractivity (Wildman–Crippen MR) is 95.8 cm³/mol. The minimum absolute atomic E-state index is 0.136. The number of aromatic nitrogens is 4. The monoisotopic (exact) mass is 350 g/mol. The summed E-state index contributed by atoms with van der Waals surface area (Å²) in [6, 6.07) is 5.64. The first kappa shape index (κ1) is 15.3. The minimum atomic E-state index is -0.614. The van der Waals surface area contributed by atoms with Gasteiger partial charge in [-0.1, -0.05) is 0 Å². The van der Waals surface area contributed by atoms with E-state index >= 15 is 0 Å². The van der Waals surface area contributed by atoms with E-state index < -0.39 is 5.60 Å². The number of hydrogen-bond donors (Lipinski definition) is 2. The zero-order valence-electron chi connectivity index (χ0n) is 14.5. The second-order valence-electron chi connectivity index (χ2n) is 7.40. The van der Waals surface area contributed by atoms with Crippen molar-refractivity contribution < 1.29 is 14.6 Å². The molecule has 0 amide bonds. The van der Waals surface area contributed by atoms with E-state index in [0.29, 0.717) is 46.2 Å². The highest BCUT2D eigenvalue weighted by molar-refractivity contribution is 5.93. The molecule has 0 radical (unpaired) electrons. The molecule has 5 rings (SSSR count). The van der Waals surface area contributed by atoms with Crippen LogP contribution in [0.25, 0.3) is 33.4 Å². The van der Waals surface area contributed by atoms with Crippen molar-refractivity contribution in [1.29, 1.82) is 0 Å². The van der Waals surface area contributed by atoms with Gasteiger partial charge in [0.15, 0.2) is 5.65 Å². The van der Waals surface area contributed by atoms with Gasteiger partial charge in [0.2, 0.25) is 0 Å². The lowest BCUT2D eigenvalue weighted by Crippen LogP contribution is -2.41. The molecule has 7 heteroatoms. The van der Waals surface area contributed by atoms with Crippen LogP contribution >= 0.6 is 0 Å². The Labute approximate surface area is 148 Å². The number of hydrogen-bond acceptors (Lipinski definition) is 6. The van der Waals surface area contributed by atoms with Crippen LogP contribution in [0.5, 0.6) is 5.75 Å². The second kappa shape index (κ2) is 5.04. The zero-order chi connectivity index (χ0) is 18.1. The van der Waals surface area contributed by atoms with Gasteiger partial charge in [-0.2, -0.15) is 0 Å². The van der Waals surface area contributed by atoms with E-state index in [4.69, 9.17) is 4.42 Å². The van der Waals surface area contributed by atoms with Crippen LogP contribution in [-0.4, -0.2) is 35.6 Å². The Balaban J connectivity index is 1.61. The molecule has 1 saturated carbocycles. The number of benzene rings is 1. The summed E-state index contributed by atoms with van der Waals surface area (Å²) in [5, 5.41) is 30.0. The Kier molecular flexibility index (Phi) is 2.98. The van der Waals surface area contributed by atoms with Crippen molar-refractivity contribution in [2.45, 2.75) is 38.3 Å². The molecule has 1 aromatic carbocycles. The molecule has 0 unspecified atom stereocenters. The average Bonchev–Trinajstić information content (AvgIpc) is 3.18. The summed E-state index contributed by atoms with van der Waals surface area (Å²) in [5.41, 5.74) is 3.49. The predicted octanol–water partition coefficient (Wildman–Crippen LogP) is 3.34. The van der Waals surface area contributed by atoms with Gasteiger partial charge in [-0.05, 0) is 50.5 Å². The van der Waals surface area contributed by atoms with Crippen LogP contribution in [0.2, 0.25) is 0 Å². The standard InChI is InChI=1S/C19H18N4O3/c1-10-5-15-12(3-4-26-15)17(24)16(10)13-6-14-18(22-21-13)23(9-20-14)11-7-19(2,25)8-11/h3-6,9,11,24-25H,7-8H2,1-2H3. The van der Waals surface area contributed by atoms with Gasteiger partial charge in [0.1, 0.15) is 16.8 Å². The first-order valence-electron chi connectivity index (χ1n) is 8.56. The number of phenolic OH excluding ortho intramolecular Hbond substituents is 1. The summed E-state index contributed by atoms with van der Waals surface area (Å²) >= 11 is 0. The summed E-state index contributed by atoms with van der Waals surface area (Å²) < 4.78 is 7.34. The summed E-state index contributed by atoms with van der Waals surface area (Å²) in [6.45, 7) is 3.74. The van der Waals surface area contributed by atoms with E-state index in [2.05, 4.69) is 15.2 Å². The van der Waals surface area contributed by atoms with Crippen LogP contribution in [0.4, 0.5) is 0 Å². The third-order valence-corrected chi connectivity index (χ3v) is 5.25. The van der Waals surface area contributed by atoms with Crippen LogP contribution in [0.15, 0.2) is 35.2 Å². The van der Waals surface area contributed by atoms with Crippen molar-refractivity contribution in [3.63, 3.8) is 0 Å². The molecule has 2 N–H and O–H groups in total. The van der Waals surface area contributed by atoms with Crippen LogP contribution in [0.1, 0.15) is 31.4 Å². The Bertz CT molecular complexity index is 1150. The quantitative estimate of drug-likeness (QED) is 0.575. The third kappa shape index (κ3) is 2.13. The molecule has 3 aromatic heterocycles. The summed E-state index contributed by atoms with van der Waals surface area (Å²) in [5.74, 6) is 0.136. The van der Waals surface area contributed by atoms with Crippen molar-refractivity contribution >= 4 is 22.1 Å². The highest BCUT2D eigenvalue weighted by Gasteiger charge is 2.40. The van der Waals surface area contributed by atoms with Gasteiger partial charge in [-0.15, -0.1) is 10.2 Å². The summed E-state index contributed by atoms with van der Waals surface area (Å²) in [6.07, 6.45) is 4.66. The fourth-order valence-corrected chi connectivity index (χ4v) is 3.92. The molecule has 26 heavy (non-hydrogen) atoms. The Morgan fingerprint density at radius 1 is 1.27 bits per heavy atom. The van der Waals surface area contributed by atoms with Crippen LogP contribution in [0.3, 0.4) is 0 Å². The molecule has 0 saturated heterocycles. The van der Waals surface area contributed by atoms with E-state index in [0.717, 1.165) is 5.56 Å². The first-order chi connectivity index (χ1) is 12.4. The molecule has 3 heterocycles. The summed E-state index contributed by atoms with van der Waals surface area (Å²) in [4.78, 5) is 4.45. The van der Waals surface area contributed by atoms with Gasteiger partial charge in [-0.3, -0.25) is 0 Å². The molecule has 0 bridgehead atoms. The van der Waals surface area contributed by atoms with Crippen molar-refractivity contribution in [3.8, 4) is 17.0 Å². The maximum atomic E-state index is 10.7. The number of phenols is 1. The molecule has 0 spiro atoms. The average molecular weight is 350 g/mol. The number of furan rings is 1. The van der Waals surface area contributed by atoms with Gasteiger partial charge in [0, 0.05) is 11.6 Å². The number of nitrogens with zero attached hydrogens (tertiary/aromatic N) is 4. The van der Waals surface area contributed by atoms with Crippen LogP contribution < -0.4 is 0 Å². The van der Waals surface area contributed by atoms with E-state index in [1.54, 1.807) is 18.7 Å². The number of rotatable bonds is 2. The van der Waals surface area contributed by atoms with Crippen molar-refractivity contribution in [3.05, 3.63) is 36.4 Å². The van der Waals surface area contributed by atoms with E-state index in [9.17, 15) is 10.2 Å². The molecular formula is C19H18N4O3. The van der Waals surface area contributed by atoms with Gasteiger partial charge < -0.3 is 19.2 Å². The minimum Gasteiger partial charge on any atom is -0.506 e. The highest BCUT2D eigenvalue weighted by atomic mass is 16.3. The Hall–Kier alpha value is -2.93. The SMILES string of the molecule is Cc1cc2occc2c(O)c1-c1cc2ncn(C3CC(C)(O)C3)c2nn1. The number of aromatic hydroxyl groups is 1. The zero-order valence-corrected chi connectivity index (χ0v) is 14.5. The van der Waals surface area contributed by atoms with Crippen molar-refractivity contribution in [1.82, 2.24) is 19.7 Å². The fraction of sp³-hybridized carbons (Fsp3) is 0.316. The maximum absolute atomic E-state index is 10.7. The van der Waals surface area contributed by atoms with Crippen LogP contribution in [0, 0.1) is 6.92 Å². The molecule has 0 aliphatic heterocycles. The van der Waals surface area contributed by atoms with E-state index in [-0.39, 0.29) is 11.8 Å². The molecule has 1 aliphatic rings. The largest absolute Gasteiger partial charge is 0.506 e. The Morgan fingerprint density at radius 3 is 2.85 bits per heavy atom. The molecule has 7 nitrogen and oxygen atoms in total. The van der Waals surface area contributed by atoms with Crippen molar-refractivity contribution in [2.75, 3.05) is 0 Å². The van der Waals surface area contributed by atoms with E-state index in [1.807, 2.05) is 30.5 Å². The number of aryl methyl sites for hydroxylation is 1. The Morgan fingerprint density at radius 2 is 2.08 bits per heavy atom. The van der Waals surface area contributed by atoms with Crippen LogP contribution in [-0.2, 0) is 0 Å². The lowest BCUT2D eigenvalue weighted by molar-refractivity contribution is -0.0499. The van der Waals surface area contributed by atoms with Gasteiger partial charge in [0.05, 0.1) is 29.3 Å². The summed E-state index contributed by atoms with van der Waals surface area (Å²) in [7, 11) is 0. The normalized spacial score (nSPS) is 22.8. The van der Waals surface area contributed by atoms with E-state index in [1.165, 1.54) is 0 Å². The lowest BCUT2D eigenvalue weighted by atomic mass is 9.77. The molecule has 1 aliphatic carbocycles. The highest BCUT2D eigenvalue weighted by Crippen LogP contribution is 2.42. The van der Waals surface area contributed by atoms with Gasteiger partial charge in [-0.25, -0.2) is 4.98 Å². The fourth-order valence-electron chi connectivity index (χ4n) is 3.92. The molecular weight excluding hydrogens is 332 g/mol. The van der Waals surface area contributed by atoms with Crippen molar-refractivity contribution in [2.24, 2.45) is 0 Å². The second-order valence-corrected chi connectivity index (χ2v) is 7.40. The third-order valence-electron chi connectivity index (χ3n) is 5.25. The van der Waals surface area contributed by atoms with Gasteiger partial charge in [0.25, 0.3) is 0 Å². The molecule has 1 fully saturated rings. The first-order valence-corrected chi connectivity index (χ1v) is 8.56. The smallest absolute Gasteiger partial charge is 0.182 e. The number of aliphatic hydroxyl groups is 1. The lowest BCUT2D eigenvalue weighted by Gasteiger charge is -2.41. The number of fused-ring (bicyclic) bond motifs is 2.